The molecule has 0 aliphatic heterocycles. The Hall–Kier alpha value is -1.31. The molecular weight excluding hydrogens is 212 g/mol. The number of rotatable bonds is 1. The van der Waals surface area contributed by atoms with Gasteiger partial charge >= 0.3 is 0 Å². The van der Waals surface area contributed by atoms with E-state index in [1.54, 1.807) is 6.07 Å². The summed E-state index contributed by atoms with van der Waals surface area (Å²) >= 11 is 0. The Bertz CT molecular complexity index is 624. The van der Waals surface area contributed by atoms with Gasteiger partial charge in [0.1, 0.15) is 39.2 Å². The molecule has 0 saturated carbocycles. The Kier molecular flexibility index (Phi) is 3.47. The van der Waals surface area contributed by atoms with Crippen LogP contribution in [0.2, 0.25) is 0 Å². The maximum Gasteiger partial charge on any atom is 0.142 e. The van der Waals surface area contributed by atoms with Crippen molar-refractivity contribution in [2.24, 2.45) is 0 Å². The third-order valence-electron chi connectivity index (χ3n) is 2.89. The summed E-state index contributed by atoms with van der Waals surface area (Å²) in [7, 11) is 29.0. The average molecular weight is 218 g/mol. The van der Waals surface area contributed by atoms with Gasteiger partial charge in [-0.2, -0.15) is 0 Å². The molecule has 0 atom stereocenters. The van der Waals surface area contributed by atoms with Crippen molar-refractivity contribution in [2.45, 2.75) is 6.92 Å². The second-order valence-electron chi connectivity index (χ2n) is 4.15. The first-order chi connectivity index (χ1) is 8.41. The summed E-state index contributed by atoms with van der Waals surface area (Å²) in [5, 5.41) is 0. The minimum absolute atomic E-state index is 0.269. The van der Waals surface area contributed by atoms with Crippen molar-refractivity contribution in [3.63, 3.8) is 0 Å². The number of aryl methyl sites for hydroxylation is 1. The molecule has 1 aromatic heterocycles. The molecule has 0 saturated heterocycles. The number of benzene rings is 1. The molecular formula is C12H6B5N. The predicted octanol–water partition coefficient (Wildman–Crippen LogP) is -2.97. The lowest BCUT2D eigenvalue weighted by molar-refractivity contribution is 1.33. The molecule has 0 aliphatic rings. The lowest BCUT2D eigenvalue weighted by Gasteiger charge is -2.16. The minimum atomic E-state index is 0.269. The molecule has 6 heteroatoms. The Labute approximate surface area is 114 Å². The van der Waals surface area contributed by atoms with Crippen LogP contribution in [0.5, 0.6) is 0 Å². The molecule has 2 aromatic rings. The monoisotopic (exact) mass is 219 g/mol. The lowest BCUT2D eigenvalue weighted by atomic mass is 9.65. The van der Waals surface area contributed by atoms with Crippen LogP contribution in [0.3, 0.4) is 0 Å². The van der Waals surface area contributed by atoms with Crippen LogP contribution in [0.4, 0.5) is 0 Å². The fourth-order valence-corrected chi connectivity index (χ4v) is 1.66. The second kappa shape index (κ2) is 4.76. The first kappa shape index (κ1) is 13.1. The summed E-state index contributed by atoms with van der Waals surface area (Å²) in [5.41, 5.74) is 3.88. The summed E-state index contributed by atoms with van der Waals surface area (Å²) in [6.07, 6.45) is 0. The Morgan fingerprint density at radius 1 is 0.889 bits per heavy atom. The van der Waals surface area contributed by atoms with E-state index in [1.165, 1.54) is 0 Å². The van der Waals surface area contributed by atoms with Gasteiger partial charge in [0.05, 0.1) is 5.69 Å². The standard InChI is InChI=1S/C12H6B5N/c1-5-2-3-8(18-12(5)17)6-4-7(13)10(15)11(16)9(6)14/h2-4H,1H3. The summed E-state index contributed by atoms with van der Waals surface area (Å²) in [4.78, 5) is 4.26. The third-order valence-corrected chi connectivity index (χ3v) is 2.89. The van der Waals surface area contributed by atoms with E-state index in [0.29, 0.717) is 27.8 Å². The van der Waals surface area contributed by atoms with Gasteiger partial charge in [-0.1, -0.05) is 17.6 Å². The minimum Gasteiger partial charge on any atom is -0.264 e. The van der Waals surface area contributed by atoms with E-state index < -0.39 is 0 Å². The fraction of sp³-hybridized carbons (Fsp3) is 0.0833. The zero-order valence-electron chi connectivity index (χ0n) is 10.1. The first-order valence-corrected chi connectivity index (χ1v) is 5.38. The molecule has 0 fully saturated rings. The van der Waals surface area contributed by atoms with E-state index in [1.807, 2.05) is 19.1 Å². The van der Waals surface area contributed by atoms with Gasteiger partial charge in [-0.25, -0.2) is 0 Å². The highest BCUT2D eigenvalue weighted by atomic mass is 14.7. The van der Waals surface area contributed by atoms with Crippen LogP contribution in [0.25, 0.3) is 11.3 Å². The van der Waals surface area contributed by atoms with Crippen molar-refractivity contribution >= 4 is 66.7 Å². The van der Waals surface area contributed by atoms with Crippen molar-refractivity contribution in [1.29, 1.82) is 0 Å². The van der Waals surface area contributed by atoms with Gasteiger partial charge in [0.25, 0.3) is 0 Å². The second-order valence-corrected chi connectivity index (χ2v) is 4.15. The van der Waals surface area contributed by atoms with Crippen LogP contribution >= 0.6 is 0 Å². The van der Waals surface area contributed by atoms with Gasteiger partial charge in [-0.15, -0.1) is 16.4 Å². The summed E-state index contributed by atoms with van der Waals surface area (Å²) in [6, 6.07) is 5.32. The van der Waals surface area contributed by atoms with E-state index in [2.05, 4.69) is 4.98 Å². The molecule has 0 aliphatic carbocycles. The van der Waals surface area contributed by atoms with Crippen molar-refractivity contribution < 1.29 is 0 Å². The Morgan fingerprint density at radius 2 is 1.56 bits per heavy atom. The molecule has 0 N–H and O–H groups in total. The van der Waals surface area contributed by atoms with Crippen LogP contribution in [0.1, 0.15) is 5.56 Å². The topological polar surface area (TPSA) is 12.9 Å². The van der Waals surface area contributed by atoms with Gasteiger partial charge < -0.3 is 0 Å². The van der Waals surface area contributed by atoms with Gasteiger partial charge in [0.2, 0.25) is 0 Å². The van der Waals surface area contributed by atoms with Gasteiger partial charge in [0.15, 0.2) is 0 Å². The highest BCUT2D eigenvalue weighted by Crippen LogP contribution is 2.11. The molecule has 1 aromatic carbocycles. The number of aromatic nitrogens is 1. The largest absolute Gasteiger partial charge is 0.264 e. The van der Waals surface area contributed by atoms with E-state index in [9.17, 15) is 0 Å². The van der Waals surface area contributed by atoms with Crippen LogP contribution in [0.15, 0.2) is 18.2 Å². The average Bonchev–Trinajstić information content (AvgIpc) is 2.35. The van der Waals surface area contributed by atoms with E-state index in [4.69, 9.17) is 39.2 Å². The molecule has 1 heterocycles. The van der Waals surface area contributed by atoms with Crippen molar-refractivity contribution in [3.8, 4) is 11.3 Å². The van der Waals surface area contributed by atoms with Gasteiger partial charge in [0, 0.05) is 0 Å². The van der Waals surface area contributed by atoms with E-state index in [-0.39, 0.29) is 10.9 Å². The van der Waals surface area contributed by atoms with Crippen LogP contribution in [-0.2, 0) is 0 Å². The maximum atomic E-state index is 5.93. The summed E-state index contributed by atoms with van der Waals surface area (Å²) in [5.74, 6) is 0. The number of nitrogens with zero attached hydrogens (tertiary/aromatic N) is 1. The molecule has 1 nitrogen and oxygen atoms in total. The number of pyridine rings is 1. The van der Waals surface area contributed by atoms with Crippen molar-refractivity contribution in [2.75, 3.05) is 0 Å². The number of hydrogen-bond donors (Lipinski definition) is 0. The fourth-order valence-electron chi connectivity index (χ4n) is 1.66. The lowest BCUT2D eigenvalue weighted by Crippen LogP contribution is -2.48. The van der Waals surface area contributed by atoms with E-state index >= 15 is 0 Å². The highest BCUT2D eigenvalue weighted by molar-refractivity contribution is 6.63. The van der Waals surface area contributed by atoms with Crippen LogP contribution in [-0.4, -0.2) is 44.2 Å². The van der Waals surface area contributed by atoms with Crippen molar-refractivity contribution in [1.82, 2.24) is 4.98 Å². The highest BCUT2D eigenvalue weighted by Gasteiger charge is 2.09. The molecule has 74 valence electrons. The molecule has 2 rings (SSSR count). The quantitative estimate of drug-likeness (QED) is 0.466. The van der Waals surface area contributed by atoms with Gasteiger partial charge in [-0.3, -0.25) is 4.98 Å². The SMILES string of the molecule is [B]c1cc(-c2ccc(C)c([B])n2)c([B])c([B])c1[B]. The zero-order valence-corrected chi connectivity index (χ0v) is 10.1. The summed E-state index contributed by atoms with van der Waals surface area (Å²) in [6.45, 7) is 1.88. The number of hydrogen-bond acceptors (Lipinski definition) is 1. The first-order valence-electron chi connectivity index (χ1n) is 5.38. The Balaban J connectivity index is 2.67. The predicted molar refractivity (Wildman–Crippen MR) is 81.4 cm³/mol. The Morgan fingerprint density at radius 3 is 2.17 bits per heavy atom. The molecule has 18 heavy (non-hydrogen) atoms. The molecule has 0 spiro atoms. The molecule has 0 bridgehead atoms. The zero-order chi connectivity index (χ0) is 13.4. The van der Waals surface area contributed by atoms with Crippen LogP contribution < -0.4 is 27.4 Å². The molecule has 10 radical (unpaired) electrons. The third kappa shape index (κ3) is 2.16. The van der Waals surface area contributed by atoms with E-state index in [0.717, 1.165) is 5.56 Å². The maximum absolute atomic E-state index is 5.93. The molecule has 0 amide bonds. The molecule has 0 unspecified atom stereocenters. The normalized spacial score (nSPS) is 10.5. The van der Waals surface area contributed by atoms with Crippen LogP contribution in [0, 0.1) is 6.92 Å². The van der Waals surface area contributed by atoms with Crippen molar-refractivity contribution in [3.05, 3.63) is 23.8 Å². The summed E-state index contributed by atoms with van der Waals surface area (Å²) < 4.78 is 0. The van der Waals surface area contributed by atoms with Gasteiger partial charge in [-0.05, 0) is 29.7 Å². The smallest absolute Gasteiger partial charge is 0.142 e.